The second-order valence-electron chi connectivity index (χ2n) is 7.63. The Morgan fingerprint density at radius 3 is 2.04 bits per heavy atom. The Balaban J connectivity index is 1.94. The molecule has 0 N–H and O–H groups in total. The minimum Gasteiger partial charge on any atom is -0.424 e. The van der Waals surface area contributed by atoms with Crippen molar-refractivity contribution in [1.29, 1.82) is 0 Å². The first kappa shape index (κ1) is 13.4. The molecule has 0 fully saturated rings. The minimum absolute atomic E-state index is 0.734. The highest BCUT2D eigenvalue weighted by Crippen LogP contribution is 2.45. The summed E-state index contributed by atoms with van der Waals surface area (Å²) in [5, 5.41) is 5.09. The molecule has 2 bridgehead atoms. The molecule has 0 atom stereocenters. The SMILES string of the molecule is C1=NCc2c1c1c3ccccc3n3c4ccc(o4)n4c5ccccc5c2c4c13. The molecule has 130 valence electrons. The molecule has 7 aromatic rings. The van der Waals surface area contributed by atoms with Crippen LogP contribution in [0, 0.1) is 0 Å². The molecule has 0 aliphatic carbocycles. The van der Waals surface area contributed by atoms with Crippen molar-refractivity contribution < 1.29 is 4.42 Å². The van der Waals surface area contributed by atoms with Crippen molar-refractivity contribution in [3.05, 3.63) is 71.8 Å². The molecule has 0 saturated heterocycles. The second kappa shape index (κ2) is 4.20. The third-order valence-corrected chi connectivity index (χ3v) is 6.36. The fourth-order valence-electron chi connectivity index (χ4n) is 5.34. The van der Waals surface area contributed by atoms with Crippen LogP contribution in [0.4, 0.5) is 0 Å². The zero-order chi connectivity index (χ0) is 18.0. The molecular formula is C24H13N3O. The number of aliphatic imine (C=N–C) groups is 1. The van der Waals surface area contributed by atoms with Crippen molar-refractivity contribution in [3.8, 4) is 0 Å². The molecule has 8 rings (SSSR count). The monoisotopic (exact) mass is 359 g/mol. The van der Waals surface area contributed by atoms with Crippen molar-refractivity contribution >= 4 is 61.3 Å². The summed E-state index contributed by atoms with van der Waals surface area (Å²) < 4.78 is 10.9. The van der Waals surface area contributed by atoms with E-state index in [9.17, 15) is 0 Å². The van der Waals surface area contributed by atoms with E-state index in [1.165, 1.54) is 54.7 Å². The van der Waals surface area contributed by atoms with Crippen LogP contribution in [0.15, 0.2) is 70.1 Å². The number of hydrogen-bond donors (Lipinski definition) is 0. The highest BCUT2D eigenvalue weighted by molar-refractivity contribution is 6.29. The topological polar surface area (TPSA) is 34.3 Å². The van der Waals surface area contributed by atoms with Crippen LogP contribution in [-0.4, -0.2) is 15.0 Å². The van der Waals surface area contributed by atoms with Gasteiger partial charge in [-0.05, 0) is 17.7 Å². The third-order valence-electron chi connectivity index (χ3n) is 6.36. The molecular weight excluding hydrogens is 346 g/mol. The van der Waals surface area contributed by atoms with E-state index < -0.39 is 0 Å². The van der Waals surface area contributed by atoms with Gasteiger partial charge in [0.05, 0.1) is 28.6 Å². The number of fused-ring (bicyclic) bond motifs is 13. The Bertz CT molecular complexity index is 1790. The van der Waals surface area contributed by atoms with E-state index in [2.05, 4.69) is 80.7 Å². The molecule has 4 nitrogen and oxygen atoms in total. The molecule has 0 spiro atoms. The molecule has 0 radical (unpaired) electrons. The van der Waals surface area contributed by atoms with E-state index in [1.807, 2.05) is 0 Å². The Morgan fingerprint density at radius 2 is 1.32 bits per heavy atom. The maximum atomic E-state index is 6.36. The van der Waals surface area contributed by atoms with Crippen LogP contribution in [0.1, 0.15) is 11.1 Å². The van der Waals surface area contributed by atoms with E-state index in [-0.39, 0.29) is 0 Å². The maximum Gasteiger partial charge on any atom is 0.207 e. The number of hydrogen-bond acceptors (Lipinski definition) is 2. The zero-order valence-electron chi connectivity index (χ0n) is 14.8. The standard InChI is InChI=1S/C24H13N3O/c1-3-7-17-13(5-1)21-15-11-25-12-16(15)22-14-6-2-4-8-18(14)27-20-10-9-19(28-20)26(17)23(21)24(22)27/h1-11H,12H2. The molecule has 3 aromatic carbocycles. The third kappa shape index (κ3) is 1.26. The van der Waals surface area contributed by atoms with Gasteiger partial charge in [0.2, 0.25) is 11.4 Å². The van der Waals surface area contributed by atoms with Gasteiger partial charge in [0.25, 0.3) is 0 Å². The van der Waals surface area contributed by atoms with Crippen molar-refractivity contribution in [3.63, 3.8) is 0 Å². The minimum atomic E-state index is 0.734. The van der Waals surface area contributed by atoms with E-state index in [0.717, 1.165) is 18.0 Å². The van der Waals surface area contributed by atoms with Gasteiger partial charge < -0.3 is 4.42 Å². The maximum absolute atomic E-state index is 6.36. The van der Waals surface area contributed by atoms with E-state index in [4.69, 9.17) is 4.42 Å². The van der Waals surface area contributed by atoms with Crippen molar-refractivity contribution in [2.45, 2.75) is 6.54 Å². The summed E-state index contributed by atoms with van der Waals surface area (Å²) in [5.41, 5.74) is 9.12. The van der Waals surface area contributed by atoms with Crippen molar-refractivity contribution in [2.75, 3.05) is 0 Å². The van der Waals surface area contributed by atoms with Crippen LogP contribution in [0.5, 0.6) is 0 Å². The molecule has 5 heterocycles. The van der Waals surface area contributed by atoms with Gasteiger partial charge in [0.15, 0.2) is 0 Å². The summed E-state index contributed by atoms with van der Waals surface area (Å²) in [6.07, 6.45) is 2.06. The van der Waals surface area contributed by atoms with Crippen LogP contribution < -0.4 is 0 Å². The van der Waals surface area contributed by atoms with Gasteiger partial charge in [-0.25, -0.2) is 0 Å². The van der Waals surface area contributed by atoms with Crippen molar-refractivity contribution in [2.24, 2.45) is 4.99 Å². The number of nitrogens with zero attached hydrogens (tertiary/aromatic N) is 3. The Morgan fingerprint density at radius 1 is 0.714 bits per heavy atom. The first-order valence-electron chi connectivity index (χ1n) is 9.53. The summed E-state index contributed by atoms with van der Waals surface area (Å²) in [7, 11) is 0. The second-order valence-corrected chi connectivity index (χ2v) is 7.63. The van der Waals surface area contributed by atoms with Gasteiger partial charge in [-0.2, -0.15) is 0 Å². The number of furan rings is 1. The molecule has 4 heteroatoms. The average molecular weight is 359 g/mol. The lowest BCUT2D eigenvalue weighted by Gasteiger charge is -2.06. The Labute approximate surface area is 158 Å². The van der Waals surface area contributed by atoms with Crippen LogP contribution in [0.2, 0.25) is 0 Å². The number of aromatic nitrogens is 2. The number of para-hydroxylation sites is 2. The predicted octanol–water partition coefficient (Wildman–Crippen LogP) is 5.77. The van der Waals surface area contributed by atoms with Gasteiger partial charge in [-0.3, -0.25) is 13.8 Å². The average Bonchev–Trinajstić information content (AvgIpc) is 3.46. The summed E-state index contributed by atoms with van der Waals surface area (Å²) in [6.45, 7) is 0.734. The first-order chi connectivity index (χ1) is 13.9. The summed E-state index contributed by atoms with van der Waals surface area (Å²) in [4.78, 5) is 4.68. The number of benzene rings is 3. The van der Waals surface area contributed by atoms with Gasteiger partial charge in [0, 0.05) is 45.5 Å². The zero-order valence-corrected chi connectivity index (χ0v) is 14.8. The lowest BCUT2D eigenvalue weighted by Crippen LogP contribution is -1.92. The largest absolute Gasteiger partial charge is 0.424 e. The highest BCUT2D eigenvalue weighted by Gasteiger charge is 2.27. The van der Waals surface area contributed by atoms with Crippen LogP contribution in [0.3, 0.4) is 0 Å². The molecule has 1 aliphatic rings. The first-order valence-corrected chi connectivity index (χ1v) is 9.53. The van der Waals surface area contributed by atoms with E-state index in [0.29, 0.717) is 0 Å². The summed E-state index contributed by atoms with van der Waals surface area (Å²) >= 11 is 0. The normalized spacial score (nSPS) is 14.1. The molecule has 0 unspecified atom stereocenters. The van der Waals surface area contributed by atoms with E-state index >= 15 is 0 Å². The molecule has 1 aliphatic heterocycles. The van der Waals surface area contributed by atoms with E-state index in [1.54, 1.807) is 0 Å². The Hall–Kier alpha value is -3.79. The predicted molar refractivity (Wildman–Crippen MR) is 113 cm³/mol. The fraction of sp³-hybridized carbons (Fsp3) is 0.0417. The van der Waals surface area contributed by atoms with Crippen LogP contribution in [0.25, 0.3) is 55.0 Å². The molecule has 0 amide bonds. The molecule has 0 saturated carbocycles. The smallest absolute Gasteiger partial charge is 0.207 e. The number of rotatable bonds is 0. The molecule has 4 aromatic heterocycles. The van der Waals surface area contributed by atoms with Gasteiger partial charge in [-0.1, -0.05) is 36.4 Å². The van der Waals surface area contributed by atoms with Gasteiger partial charge in [0.1, 0.15) is 0 Å². The van der Waals surface area contributed by atoms with Gasteiger partial charge >= 0.3 is 0 Å². The summed E-state index contributed by atoms with van der Waals surface area (Å²) in [5.74, 6) is 0. The van der Waals surface area contributed by atoms with Crippen LogP contribution in [-0.2, 0) is 6.54 Å². The Kier molecular flexibility index (Phi) is 2.01. The fourth-order valence-corrected chi connectivity index (χ4v) is 5.34. The highest BCUT2D eigenvalue weighted by atomic mass is 16.3. The lowest BCUT2D eigenvalue weighted by molar-refractivity contribution is 0.633. The van der Waals surface area contributed by atoms with Gasteiger partial charge in [-0.15, -0.1) is 0 Å². The summed E-state index contributed by atoms with van der Waals surface area (Å²) in [6, 6.07) is 21.4. The molecule has 28 heavy (non-hydrogen) atoms. The lowest BCUT2D eigenvalue weighted by atomic mass is 9.97. The quantitative estimate of drug-likeness (QED) is 0.338. The van der Waals surface area contributed by atoms with Crippen LogP contribution >= 0.6 is 0 Å². The van der Waals surface area contributed by atoms with Crippen molar-refractivity contribution in [1.82, 2.24) is 8.80 Å².